The summed E-state index contributed by atoms with van der Waals surface area (Å²) in [6.45, 7) is 4.29. The molecule has 0 aromatic rings. The van der Waals surface area contributed by atoms with Gasteiger partial charge in [-0.1, -0.05) is 20.3 Å². The van der Waals surface area contributed by atoms with Crippen molar-refractivity contribution in [2.75, 3.05) is 0 Å². The van der Waals surface area contributed by atoms with Crippen LogP contribution in [0.2, 0.25) is 0 Å². The molecule has 3 nitrogen and oxygen atoms in total. The molecular weight excluding hydrogens is 192 g/mol. The van der Waals surface area contributed by atoms with Crippen molar-refractivity contribution >= 4 is 5.97 Å². The van der Waals surface area contributed by atoms with Gasteiger partial charge in [0.1, 0.15) is 0 Å². The minimum Gasteiger partial charge on any atom is -0.481 e. The number of ether oxygens (including phenoxy) is 1. The molecular formula is C12H20O3. The van der Waals surface area contributed by atoms with Crippen LogP contribution < -0.4 is 0 Å². The van der Waals surface area contributed by atoms with Crippen molar-refractivity contribution in [1.82, 2.24) is 0 Å². The molecule has 1 aliphatic carbocycles. The number of hydrogen-bond donors (Lipinski definition) is 1. The predicted octanol–water partition coefficient (Wildman–Crippen LogP) is 2.44. The standard InChI is InChI=1S/C12H20O3/c1-3-4-9-8(11(13)14)7-10(15-9)12(2)5-6-12/h8-10H,3-7H2,1-2H3,(H,13,14). The first-order valence-electron chi connectivity index (χ1n) is 5.95. The van der Waals surface area contributed by atoms with Crippen molar-refractivity contribution in [3.05, 3.63) is 0 Å². The Bertz CT molecular complexity index is 258. The van der Waals surface area contributed by atoms with E-state index in [-0.39, 0.29) is 23.5 Å². The topological polar surface area (TPSA) is 46.5 Å². The third-order valence-electron chi connectivity index (χ3n) is 3.96. The summed E-state index contributed by atoms with van der Waals surface area (Å²) in [5.41, 5.74) is 0.288. The van der Waals surface area contributed by atoms with Gasteiger partial charge in [-0.2, -0.15) is 0 Å². The highest BCUT2D eigenvalue weighted by atomic mass is 16.5. The van der Waals surface area contributed by atoms with E-state index in [0.717, 1.165) is 19.3 Å². The lowest BCUT2D eigenvalue weighted by atomic mass is 9.91. The van der Waals surface area contributed by atoms with Gasteiger partial charge in [-0.05, 0) is 31.1 Å². The molecule has 86 valence electrons. The predicted molar refractivity (Wildman–Crippen MR) is 56.7 cm³/mol. The molecule has 15 heavy (non-hydrogen) atoms. The van der Waals surface area contributed by atoms with Crippen LogP contribution in [0.5, 0.6) is 0 Å². The second-order valence-corrected chi connectivity index (χ2v) is 5.29. The SMILES string of the molecule is CCCC1OC(C2(C)CC2)CC1C(=O)O. The molecule has 1 saturated heterocycles. The monoisotopic (exact) mass is 212 g/mol. The molecule has 1 heterocycles. The van der Waals surface area contributed by atoms with E-state index in [9.17, 15) is 4.79 Å². The van der Waals surface area contributed by atoms with Gasteiger partial charge in [0.05, 0.1) is 18.1 Å². The largest absolute Gasteiger partial charge is 0.481 e. The van der Waals surface area contributed by atoms with Crippen molar-refractivity contribution in [2.45, 2.75) is 58.2 Å². The maximum absolute atomic E-state index is 11.1. The highest BCUT2D eigenvalue weighted by Gasteiger charge is 2.52. The molecule has 2 rings (SSSR count). The van der Waals surface area contributed by atoms with Crippen LogP contribution in [0.4, 0.5) is 0 Å². The molecule has 2 aliphatic rings. The Morgan fingerprint density at radius 1 is 1.53 bits per heavy atom. The molecule has 3 unspecified atom stereocenters. The third-order valence-corrected chi connectivity index (χ3v) is 3.96. The zero-order valence-electron chi connectivity index (χ0n) is 9.53. The van der Waals surface area contributed by atoms with E-state index in [1.165, 1.54) is 12.8 Å². The first kappa shape index (κ1) is 10.9. The molecule has 0 spiro atoms. The highest BCUT2D eigenvalue weighted by Crippen LogP contribution is 2.54. The lowest BCUT2D eigenvalue weighted by molar-refractivity contribution is -0.143. The quantitative estimate of drug-likeness (QED) is 0.778. The Morgan fingerprint density at radius 3 is 2.67 bits per heavy atom. The van der Waals surface area contributed by atoms with Crippen molar-refractivity contribution < 1.29 is 14.6 Å². The minimum atomic E-state index is -0.680. The number of aliphatic carboxylic acids is 1. The van der Waals surface area contributed by atoms with E-state index in [1.807, 2.05) is 0 Å². The summed E-state index contributed by atoms with van der Waals surface area (Å²) in [5.74, 6) is -0.951. The van der Waals surface area contributed by atoms with E-state index in [0.29, 0.717) is 0 Å². The Morgan fingerprint density at radius 2 is 2.20 bits per heavy atom. The minimum absolute atomic E-state index is 0.0464. The lowest BCUT2D eigenvalue weighted by Crippen LogP contribution is -2.23. The van der Waals surface area contributed by atoms with Crippen LogP contribution in [0.3, 0.4) is 0 Å². The summed E-state index contributed by atoms with van der Waals surface area (Å²) >= 11 is 0. The Labute approximate surface area is 90.8 Å². The summed E-state index contributed by atoms with van der Waals surface area (Å²) < 4.78 is 5.92. The van der Waals surface area contributed by atoms with Gasteiger partial charge < -0.3 is 9.84 Å². The summed E-state index contributed by atoms with van der Waals surface area (Å²) in [4.78, 5) is 11.1. The van der Waals surface area contributed by atoms with E-state index in [4.69, 9.17) is 9.84 Å². The van der Waals surface area contributed by atoms with E-state index in [2.05, 4.69) is 13.8 Å². The molecule has 1 N–H and O–H groups in total. The highest BCUT2D eigenvalue weighted by molar-refractivity contribution is 5.71. The fourth-order valence-electron chi connectivity index (χ4n) is 2.53. The number of hydrogen-bond acceptors (Lipinski definition) is 2. The second kappa shape index (κ2) is 3.78. The fraction of sp³-hybridized carbons (Fsp3) is 0.917. The van der Waals surface area contributed by atoms with Gasteiger partial charge in [-0.15, -0.1) is 0 Å². The van der Waals surface area contributed by atoms with Crippen LogP contribution >= 0.6 is 0 Å². The van der Waals surface area contributed by atoms with Crippen LogP contribution in [0, 0.1) is 11.3 Å². The van der Waals surface area contributed by atoms with Gasteiger partial charge in [-0.25, -0.2) is 0 Å². The Balaban J connectivity index is 2.01. The van der Waals surface area contributed by atoms with Crippen molar-refractivity contribution in [2.24, 2.45) is 11.3 Å². The number of carboxylic acid groups (broad SMARTS) is 1. The summed E-state index contributed by atoms with van der Waals surface area (Å²) in [5, 5.41) is 9.13. The summed E-state index contributed by atoms with van der Waals surface area (Å²) in [6.07, 6.45) is 5.13. The van der Waals surface area contributed by atoms with Gasteiger partial charge in [0, 0.05) is 0 Å². The fourth-order valence-corrected chi connectivity index (χ4v) is 2.53. The van der Waals surface area contributed by atoms with Crippen LogP contribution in [0.25, 0.3) is 0 Å². The van der Waals surface area contributed by atoms with Crippen molar-refractivity contribution in [3.63, 3.8) is 0 Å². The molecule has 3 heteroatoms. The lowest BCUT2D eigenvalue weighted by Gasteiger charge is -2.18. The second-order valence-electron chi connectivity index (χ2n) is 5.29. The van der Waals surface area contributed by atoms with Crippen LogP contribution in [-0.2, 0) is 9.53 Å². The van der Waals surface area contributed by atoms with Crippen molar-refractivity contribution in [3.8, 4) is 0 Å². The average molecular weight is 212 g/mol. The molecule has 0 aromatic carbocycles. The molecule has 0 bridgehead atoms. The molecule has 0 radical (unpaired) electrons. The van der Waals surface area contributed by atoms with Gasteiger partial charge in [0.15, 0.2) is 0 Å². The van der Waals surface area contributed by atoms with Gasteiger partial charge >= 0.3 is 5.97 Å². The van der Waals surface area contributed by atoms with Gasteiger partial charge in [0.25, 0.3) is 0 Å². The summed E-state index contributed by atoms with van der Waals surface area (Å²) in [7, 11) is 0. The normalized spacial score (nSPS) is 37.9. The van der Waals surface area contributed by atoms with E-state index >= 15 is 0 Å². The molecule has 0 amide bonds. The van der Waals surface area contributed by atoms with Gasteiger partial charge in [0.2, 0.25) is 0 Å². The first-order chi connectivity index (χ1) is 7.07. The molecule has 2 fully saturated rings. The summed E-state index contributed by atoms with van der Waals surface area (Å²) in [6, 6.07) is 0. The molecule has 1 saturated carbocycles. The smallest absolute Gasteiger partial charge is 0.309 e. The maximum atomic E-state index is 11.1. The van der Waals surface area contributed by atoms with E-state index < -0.39 is 5.97 Å². The van der Waals surface area contributed by atoms with Crippen LogP contribution in [0.1, 0.15) is 46.0 Å². The number of carbonyl (C=O) groups is 1. The first-order valence-corrected chi connectivity index (χ1v) is 5.95. The molecule has 1 aliphatic heterocycles. The number of carboxylic acids is 1. The Kier molecular flexibility index (Phi) is 2.75. The van der Waals surface area contributed by atoms with Crippen molar-refractivity contribution in [1.29, 1.82) is 0 Å². The molecule has 0 aromatic heterocycles. The van der Waals surface area contributed by atoms with E-state index in [1.54, 1.807) is 0 Å². The average Bonchev–Trinajstić information content (AvgIpc) is 2.78. The maximum Gasteiger partial charge on any atom is 0.309 e. The van der Waals surface area contributed by atoms with Gasteiger partial charge in [-0.3, -0.25) is 4.79 Å². The van der Waals surface area contributed by atoms with Crippen LogP contribution in [-0.4, -0.2) is 23.3 Å². The van der Waals surface area contributed by atoms with Crippen LogP contribution in [0.15, 0.2) is 0 Å². The molecule has 3 atom stereocenters. The number of rotatable bonds is 4. The zero-order valence-corrected chi connectivity index (χ0v) is 9.53. The zero-order chi connectivity index (χ0) is 11.1. The third kappa shape index (κ3) is 2.03. The Hall–Kier alpha value is -0.570.